The Morgan fingerprint density at radius 1 is 1.69 bits per heavy atom. The molecule has 92 valence electrons. The Morgan fingerprint density at radius 3 is 2.94 bits per heavy atom. The van der Waals surface area contributed by atoms with Gasteiger partial charge in [0.15, 0.2) is 5.84 Å². The molecule has 1 fully saturated rings. The molecular formula is C11H21N3O2. The fourth-order valence-corrected chi connectivity index (χ4v) is 2.16. The van der Waals surface area contributed by atoms with E-state index in [9.17, 15) is 4.79 Å². The zero-order valence-corrected chi connectivity index (χ0v) is 10.0. The fourth-order valence-electron chi connectivity index (χ4n) is 2.16. The summed E-state index contributed by atoms with van der Waals surface area (Å²) >= 11 is 0. The van der Waals surface area contributed by atoms with Gasteiger partial charge in [-0.25, -0.2) is 0 Å². The summed E-state index contributed by atoms with van der Waals surface area (Å²) in [6, 6.07) is 0. The zero-order chi connectivity index (χ0) is 12.1. The highest BCUT2D eigenvalue weighted by Crippen LogP contribution is 2.22. The molecule has 0 aromatic heterocycles. The lowest BCUT2D eigenvalue weighted by Gasteiger charge is -2.20. The zero-order valence-electron chi connectivity index (χ0n) is 10.0. The molecule has 2 atom stereocenters. The number of carbonyl (C=O) groups is 1. The SMILES string of the molecule is CCCC1CCN(C(=O)C(C)C(N)=NO)C1. The Labute approximate surface area is 96.3 Å². The average Bonchev–Trinajstić information content (AvgIpc) is 2.75. The van der Waals surface area contributed by atoms with Crippen molar-refractivity contribution in [3.63, 3.8) is 0 Å². The number of hydrogen-bond donors (Lipinski definition) is 2. The molecule has 1 heterocycles. The van der Waals surface area contributed by atoms with E-state index in [-0.39, 0.29) is 11.7 Å². The number of oxime groups is 1. The number of carbonyl (C=O) groups excluding carboxylic acids is 1. The van der Waals surface area contributed by atoms with Crippen molar-refractivity contribution in [1.82, 2.24) is 4.90 Å². The molecule has 1 amide bonds. The predicted molar refractivity (Wildman–Crippen MR) is 62.2 cm³/mol. The Balaban J connectivity index is 2.50. The summed E-state index contributed by atoms with van der Waals surface area (Å²) in [5.74, 6) is 0.0525. The van der Waals surface area contributed by atoms with Gasteiger partial charge in [0, 0.05) is 13.1 Å². The first-order valence-electron chi connectivity index (χ1n) is 5.86. The second-order valence-electron chi connectivity index (χ2n) is 4.47. The standard InChI is InChI=1S/C11H21N3O2/c1-3-4-9-5-6-14(7-9)11(15)8(2)10(12)13-16/h8-9,16H,3-7H2,1-2H3,(H2,12,13). The van der Waals surface area contributed by atoms with Crippen LogP contribution in [-0.4, -0.2) is 34.9 Å². The van der Waals surface area contributed by atoms with Crippen molar-refractivity contribution in [2.24, 2.45) is 22.7 Å². The molecule has 16 heavy (non-hydrogen) atoms. The van der Waals surface area contributed by atoms with Gasteiger partial charge < -0.3 is 15.8 Å². The second-order valence-corrected chi connectivity index (χ2v) is 4.47. The van der Waals surface area contributed by atoms with Crippen molar-refractivity contribution >= 4 is 11.7 Å². The molecule has 0 aromatic carbocycles. The molecule has 1 saturated heterocycles. The summed E-state index contributed by atoms with van der Waals surface area (Å²) < 4.78 is 0. The number of likely N-dealkylation sites (tertiary alicyclic amines) is 1. The summed E-state index contributed by atoms with van der Waals surface area (Å²) in [6.45, 7) is 5.44. The van der Waals surface area contributed by atoms with E-state index in [4.69, 9.17) is 10.9 Å². The first-order chi connectivity index (χ1) is 7.60. The molecule has 5 heteroatoms. The number of rotatable bonds is 4. The monoisotopic (exact) mass is 227 g/mol. The maximum absolute atomic E-state index is 11.9. The van der Waals surface area contributed by atoms with Gasteiger partial charge in [-0.2, -0.15) is 0 Å². The van der Waals surface area contributed by atoms with Gasteiger partial charge in [-0.15, -0.1) is 0 Å². The minimum atomic E-state index is -0.523. The maximum atomic E-state index is 11.9. The molecule has 1 aliphatic heterocycles. The summed E-state index contributed by atoms with van der Waals surface area (Å²) in [5.41, 5.74) is 5.43. The van der Waals surface area contributed by atoms with E-state index in [1.807, 2.05) is 4.90 Å². The van der Waals surface area contributed by atoms with Crippen LogP contribution < -0.4 is 5.73 Å². The van der Waals surface area contributed by atoms with Gasteiger partial charge in [-0.1, -0.05) is 18.5 Å². The Hall–Kier alpha value is -1.26. The minimum Gasteiger partial charge on any atom is -0.409 e. The van der Waals surface area contributed by atoms with Gasteiger partial charge in [-0.05, 0) is 25.7 Å². The normalized spacial score (nSPS) is 23.5. The molecule has 0 aliphatic carbocycles. The van der Waals surface area contributed by atoms with Crippen molar-refractivity contribution in [1.29, 1.82) is 0 Å². The number of nitrogens with two attached hydrogens (primary N) is 1. The number of hydrogen-bond acceptors (Lipinski definition) is 3. The van der Waals surface area contributed by atoms with Crippen molar-refractivity contribution in [3.05, 3.63) is 0 Å². The van der Waals surface area contributed by atoms with Crippen molar-refractivity contribution < 1.29 is 10.0 Å². The maximum Gasteiger partial charge on any atom is 0.233 e. The first kappa shape index (κ1) is 12.8. The summed E-state index contributed by atoms with van der Waals surface area (Å²) in [5, 5.41) is 11.4. The largest absolute Gasteiger partial charge is 0.409 e. The van der Waals surface area contributed by atoms with E-state index in [1.165, 1.54) is 6.42 Å². The third kappa shape index (κ3) is 2.87. The third-order valence-electron chi connectivity index (χ3n) is 3.22. The molecule has 3 N–H and O–H groups in total. The molecule has 0 bridgehead atoms. The fraction of sp³-hybridized carbons (Fsp3) is 0.818. The van der Waals surface area contributed by atoms with E-state index in [2.05, 4.69) is 12.1 Å². The molecule has 0 spiro atoms. The number of amides is 1. The van der Waals surface area contributed by atoms with Gasteiger partial charge in [0.2, 0.25) is 5.91 Å². The Morgan fingerprint density at radius 2 is 2.38 bits per heavy atom. The van der Waals surface area contributed by atoms with E-state index < -0.39 is 5.92 Å². The van der Waals surface area contributed by atoms with Crippen molar-refractivity contribution in [3.8, 4) is 0 Å². The molecule has 2 unspecified atom stereocenters. The average molecular weight is 227 g/mol. The van der Waals surface area contributed by atoms with Crippen LogP contribution in [0.2, 0.25) is 0 Å². The third-order valence-corrected chi connectivity index (χ3v) is 3.22. The lowest BCUT2D eigenvalue weighted by Crippen LogP contribution is -2.39. The Bertz CT molecular complexity index is 278. The van der Waals surface area contributed by atoms with Crippen LogP contribution in [0.25, 0.3) is 0 Å². The van der Waals surface area contributed by atoms with E-state index in [1.54, 1.807) is 6.92 Å². The van der Waals surface area contributed by atoms with Crippen LogP contribution in [0.5, 0.6) is 0 Å². The van der Waals surface area contributed by atoms with Gasteiger partial charge in [0.05, 0.1) is 5.92 Å². The van der Waals surface area contributed by atoms with Crippen molar-refractivity contribution in [2.45, 2.75) is 33.1 Å². The Kier molecular flexibility index (Phi) is 4.58. The van der Waals surface area contributed by atoms with E-state index in [0.29, 0.717) is 5.92 Å². The van der Waals surface area contributed by atoms with E-state index in [0.717, 1.165) is 25.9 Å². The van der Waals surface area contributed by atoms with Crippen LogP contribution >= 0.6 is 0 Å². The number of amidine groups is 1. The molecule has 0 aromatic rings. The van der Waals surface area contributed by atoms with Crippen LogP contribution in [0.15, 0.2) is 5.16 Å². The lowest BCUT2D eigenvalue weighted by molar-refractivity contribution is -0.132. The molecule has 0 saturated carbocycles. The molecule has 1 aliphatic rings. The molecule has 5 nitrogen and oxygen atoms in total. The lowest BCUT2D eigenvalue weighted by atomic mass is 10.0. The van der Waals surface area contributed by atoms with Gasteiger partial charge in [0.1, 0.15) is 0 Å². The highest BCUT2D eigenvalue weighted by Gasteiger charge is 2.29. The van der Waals surface area contributed by atoms with Crippen LogP contribution in [0, 0.1) is 11.8 Å². The molecule has 1 rings (SSSR count). The number of nitrogens with zero attached hydrogens (tertiary/aromatic N) is 2. The second kappa shape index (κ2) is 5.72. The van der Waals surface area contributed by atoms with Crippen molar-refractivity contribution in [2.75, 3.05) is 13.1 Å². The molecule has 0 radical (unpaired) electrons. The van der Waals surface area contributed by atoms with Crippen LogP contribution in [0.1, 0.15) is 33.1 Å². The first-order valence-corrected chi connectivity index (χ1v) is 5.86. The summed E-state index contributed by atoms with van der Waals surface area (Å²) in [6.07, 6.45) is 3.40. The minimum absolute atomic E-state index is 0.0102. The van der Waals surface area contributed by atoms with E-state index >= 15 is 0 Å². The molecular weight excluding hydrogens is 206 g/mol. The quantitative estimate of drug-likeness (QED) is 0.326. The van der Waals surface area contributed by atoms with Gasteiger partial charge >= 0.3 is 0 Å². The van der Waals surface area contributed by atoms with Crippen LogP contribution in [0.3, 0.4) is 0 Å². The highest BCUT2D eigenvalue weighted by atomic mass is 16.4. The predicted octanol–water partition coefficient (Wildman–Crippen LogP) is 1.02. The highest BCUT2D eigenvalue weighted by molar-refractivity contribution is 6.01. The topological polar surface area (TPSA) is 78.9 Å². The summed E-state index contributed by atoms with van der Waals surface area (Å²) in [7, 11) is 0. The summed E-state index contributed by atoms with van der Waals surface area (Å²) in [4.78, 5) is 13.8. The van der Waals surface area contributed by atoms with Gasteiger partial charge in [0.25, 0.3) is 0 Å². The van der Waals surface area contributed by atoms with Gasteiger partial charge in [-0.3, -0.25) is 4.79 Å². The van der Waals surface area contributed by atoms with Crippen LogP contribution in [-0.2, 0) is 4.79 Å². The van der Waals surface area contributed by atoms with Crippen LogP contribution in [0.4, 0.5) is 0 Å². The smallest absolute Gasteiger partial charge is 0.233 e.